The number of carbonyl (C=O) groups excluding carboxylic acids is 1. The molecular weight excluding hydrogens is 579 g/mol. The zero-order chi connectivity index (χ0) is 31.2. The van der Waals surface area contributed by atoms with Crippen LogP contribution in [0.4, 0.5) is 24.7 Å². The zero-order valence-electron chi connectivity index (χ0n) is 24.1. The van der Waals surface area contributed by atoms with Gasteiger partial charge in [0.25, 0.3) is 5.91 Å². The number of pyridine rings is 2. The highest BCUT2D eigenvalue weighted by atomic mass is 32.2. The second-order valence-corrected chi connectivity index (χ2v) is 11.4. The van der Waals surface area contributed by atoms with Crippen LogP contribution in [0.1, 0.15) is 32.4 Å². The molecule has 2 N–H and O–H groups in total. The maximum atomic E-state index is 15.9. The fourth-order valence-electron chi connectivity index (χ4n) is 5.38. The quantitative estimate of drug-likeness (QED) is 0.183. The van der Waals surface area contributed by atoms with Crippen LogP contribution in [0.15, 0.2) is 58.6 Å². The summed E-state index contributed by atoms with van der Waals surface area (Å²) < 4.78 is 45.8. The minimum atomic E-state index is -1.07. The smallest absolute Gasteiger partial charge is 0.355 e. The number of hydrogen-bond acceptors (Lipinski definition) is 8. The van der Waals surface area contributed by atoms with Gasteiger partial charge in [-0.25, -0.2) is 27.5 Å². The van der Waals surface area contributed by atoms with Crippen molar-refractivity contribution < 1.29 is 18.0 Å². The van der Waals surface area contributed by atoms with E-state index < -0.39 is 35.1 Å². The lowest BCUT2D eigenvalue weighted by atomic mass is 10.1. The van der Waals surface area contributed by atoms with Crippen LogP contribution in [0, 0.1) is 11.6 Å². The maximum Gasteiger partial charge on any atom is 0.355 e. The Morgan fingerprint density at radius 1 is 1.16 bits per heavy atom. The first-order valence-corrected chi connectivity index (χ1v) is 14.8. The van der Waals surface area contributed by atoms with Crippen LogP contribution < -0.4 is 16.3 Å². The summed E-state index contributed by atoms with van der Waals surface area (Å²) in [4.78, 5) is 43.5. The third kappa shape index (κ3) is 5.33. The number of piperazine rings is 1. The molecule has 0 radical (unpaired) electrons. The molecule has 1 atom stereocenters. The Bertz CT molecular complexity index is 1810. The van der Waals surface area contributed by atoms with Crippen molar-refractivity contribution in [3.8, 4) is 16.9 Å². The van der Waals surface area contributed by atoms with Crippen molar-refractivity contribution in [2.45, 2.75) is 37.6 Å². The minimum Gasteiger partial charge on any atom is -0.398 e. The molecule has 43 heavy (non-hydrogen) atoms. The Balaban J connectivity index is 1.83. The summed E-state index contributed by atoms with van der Waals surface area (Å²) in [7, 11) is 0. The van der Waals surface area contributed by atoms with E-state index in [2.05, 4.69) is 21.5 Å². The molecule has 1 aliphatic rings. The molecule has 9 nitrogen and oxygen atoms in total. The fourth-order valence-corrected chi connectivity index (χ4v) is 5.97. The van der Waals surface area contributed by atoms with Gasteiger partial charge < -0.3 is 15.5 Å². The van der Waals surface area contributed by atoms with Crippen molar-refractivity contribution in [2.24, 2.45) is 0 Å². The summed E-state index contributed by atoms with van der Waals surface area (Å²) in [6.07, 6.45) is 3.50. The first kappa shape index (κ1) is 30.1. The zero-order valence-corrected chi connectivity index (χ0v) is 24.9. The topological polar surface area (TPSA) is 110 Å². The Kier molecular flexibility index (Phi) is 8.19. The molecule has 13 heteroatoms. The van der Waals surface area contributed by atoms with Gasteiger partial charge in [0.2, 0.25) is 0 Å². The highest BCUT2D eigenvalue weighted by Crippen LogP contribution is 2.37. The Labute approximate surface area is 250 Å². The Morgan fingerprint density at radius 3 is 2.53 bits per heavy atom. The van der Waals surface area contributed by atoms with E-state index in [1.54, 1.807) is 24.1 Å². The largest absolute Gasteiger partial charge is 0.398 e. The van der Waals surface area contributed by atoms with Gasteiger partial charge in [-0.15, -0.1) is 11.8 Å². The van der Waals surface area contributed by atoms with E-state index in [-0.39, 0.29) is 59.3 Å². The molecule has 0 bridgehead atoms. The lowest BCUT2D eigenvalue weighted by Gasteiger charge is -2.40. The van der Waals surface area contributed by atoms with E-state index in [1.807, 2.05) is 20.1 Å². The standard InChI is InChI=1S/C30H30F3N7O2S/c1-15(2)24-26(22(43-5)9-10-35-24)40-28-18(13-20(33)25(36-28)23-19(32)7-6-8-21(23)34)27(37-30(40)42)39-12-11-38(14-16(39)3)29(41)17(4)31/h6-10,13,15-16H,4,11-12,14,34H2,1-3,5H3/t16-/m0/s1. The van der Waals surface area contributed by atoms with Crippen LogP contribution in [0.25, 0.3) is 28.0 Å². The van der Waals surface area contributed by atoms with E-state index >= 15 is 8.78 Å². The van der Waals surface area contributed by atoms with E-state index in [4.69, 9.17) is 5.73 Å². The first-order chi connectivity index (χ1) is 20.4. The van der Waals surface area contributed by atoms with Crippen molar-refractivity contribution in [1.82, 2.24) is 24.4 Å². The number of amides is 1. The monoisotopic (exact) mass is 609 g/mol. The second-order valence-electron chi connectivity index (χ2n) is 10.5. The Hall–Kier alpha value is -4.39. The number of thioether (sulfide) groups is 1. The van der Waals surface area contributed by atoms with Crippen LogP contribution in [0.2, 0.25) is 0 Å². The number of nitrogen functional groups attached to an aromatic ring is 1. The molecule has 3 aromatic heterocycles. The lowest BCUT2D eigenvalue weighted by Crippen LogP contribution is -2.54. The summed E-state index contributed by atoms with van der Waals surface area (Å²) in [6, 6.07) is 6.49. The van der Waals surface area contributed by atoms with Crippen LogP contribution in [-0.2, 0) is 4.79 Å². The normalized spacial score (nSPS) is 15.4. The third-order valence-electron chi connectivity index (χ3n) is 7.41. The number of anilines is 2. The third-order valence-corrected chi connectivity index (χ3v) is 8.18. The van der Waals surface area contributed by atoms with Crippen molar-refractivity contribution >= 4 is 40.2 Å². The molecular formula is C30H30F3N7O2S. The number of fused-ring (bicyclic) bond motifs is 1. The average molecular weight is 610 g/mol. The SMILES string of the molecule is C=C(F)C(=O)N1CCN(c2nc(=O)n(-c3c(SC)ccnc3C(C)C)c3nc(-c4c(N)cccc4F)c(F)cc23)[C@@H](C)C1. The molecule has 1 fully saturated rings. The van der Waals surface area contributed by atoms with E-state index in [0.29, 0.717) is 16.3 Å². The molecule has 0 saturated carbocycles. The first-order valence-electron chi connectivity index (χ1n) is 13.6. The number of benzene rings is 1. The van der Waals surface area contributed by atoms with Crippen LogP contribution >= 0.6 is 11.8 Å². The lowest BCUT2D eigenvalue weighted by molar-refractivity contribution is -0.129. The van der Waals surface area contributed by atoms with Crippen molar-refractivity contribution in [2.75, 3.05) is 36.5 Å². The van der Waals surface area contributed by atoms with Crippen LogP contribution in [-0.4, -0.2) is 62.3 Å². The van der Waals surface area contributed by atoms with Gasteiger partial charge in [0.05, 0.1) is 22.3 Å². The van der Waals surface area contributed by atoms with E-state index in [0.717, 1.165) is 6.07 Å². The highest BCUT2D eigenvalue weighted by molar-refractivity contribution is 7.98. The summed E-state index contributed by atoms with van der Waals surface area (Å²) in [6.45, 7) is 9.14. The maximum absolute atomic E-state index is 15.9. The highest BCUT2D eigenvalue weighted by Gasteiger charge is 2.32. The van der Waals surface area contributed by atoms with E-state index in [1.165, 1.54) is 39.4 Å². The molecule has 5 rings (SSSR count). The molecule has 224 valence electrons. The van der Waals surface area contributed by atoms with E-state index in [9.17, 15) is 14.0 Å². The number of aromatic nitrogens is 4. The van der Waals surface area contributed by atoms with Gasteiger partial charge >= 0.3 is 5.69 Å². The minimum absolute atomic E-state index is 0.0214. The van der Waals surface area contributed by atoms with Crippen LogP contribution in [0.5, 0.6) is 0 Å². The summed E-state index contributed by atoms with van der Waals surface area (Å²) in [5.41, 5.74) is 5.81. The summed E-state index contributed by atoms with van der Waals surface area (Å²) in [5, 5.41) is 0.183. The van der Waals surface area contributed by atoms with Crippen molar-refractivity contribution in [3.63, 3.8) is 0 Å². The van der Waals surface area contributed by atoms with Gasteiger partial charge in [0.1, 0.15) is 17.3 Å². The molecule has 1 amide bonds. The van der Waals surface area contributed by atoms with Gasteiger partial charge in [-0.3, -0.25) is 9.78 Å². The predicted molar refractivity (Wildman–Crippen MR) is 162 cm³/mol. The molecule has 4 aromatic rings. The van der Waals surface area contributed by atoms with Gasteiger partial charge in [0.15, 0.2) is 17.3 Å². The second kappa shape index (κ2) is 11.7. The predicted octanol–water partition coefficient (Wildman–Crippen LogP) is 5.07. The fraction of sp³-hybridized carbons (Fsp3) is 0.300. The molecule has 1 aliphatic heterocycles. The number of nitrogens with zero attached hydrogens (tertiary/aromatic N) is 6. The summed E-state index contributed by atoms with van der Waals surface area (Å²) >= 11 is 1.39. The molecule has 0 unspecified atom stereocenters. The molecule has 0 aliphatic carbocycles. The molecule has 1 saturated heterocycles. The molecule has 1 aromatic carbocycles. The van der Waals surface area contributed by atoms with Gasteiger partial charge in [-0.2, -0.15) is 4.98 Å². The van der Waals surface area contributed by atoms with Gasteiger partial charge in [0, 0.05) is 42.5 Å². The number of carbonyl (C=O) groups is 1. The average Bonchev–Trinajstić information content (AvgIpc) is 2.96. The number of halogens is 3. The van der Waals surface area contributed by atoms with Crippen LogP contribution in [0.3, 0.4) is 0 Å². The van der Waals surface area contributed by atoms with Gasteiger partial charge in [-0.05, 0) is 43.4 Å². The van der Waals surface area contributed by atoms with Gasteiger partial charge in [-0.1, -0.05) is 26.5 Å². The number of nitrogens with two attached hydrogens (primary N) is 1. The van der Waals surface area contributed by atoms with Crippen molar-refractivity contribution in [1.29, 1.82) is 0 Å². The molecule has 0 spiro atoms. The Morgan fingerprint density at radius 2 is 1.91 bits per heavy atom. The van der Waals surface area contributed by atoms with Crippen molar-refractivity contribution in [3.05, 3.63) is 76.7 Å². The summed E-state index contributed by atoms with van der Waals surface area (Å²) in [5.74, 6) is -3.50. The number of hydrogen-bond donors (Lipinski definition) is 1. The molecule has 4 heterocycles. The number of rotatable bonds is 6.